The Morgan fingerprint density at radius 2 is 1.68 bits per heavy atom. The molecule has 2 fully saturated rings. The van der Waals surface area contributed by atoms with Gasteiger partial charge in [-0.1, -0.05) is 24.3 Å². The minimum atomic E-state index is -4.34. The zero-order valence-electron chi connectivity index (χ0n) is 30.6. The van der Waals surface area contributed by atoms with Crippen LogP contribution in [0.15, 0.2) is 85.1 Å². The molecule has 3 N–H and O–H groups in total. The average Bonchev–Trinajstić information content (AvgIpc) is 3.17. The van der Waals surface area contributed by atoms with Crippen LogP contribution in [0, 0.1) is 6.92 Å². The molecule has 2 amide bonds. The lowest BCUT2D eigenvalue weighted by Gasteiger charge is -2.29. The van der Waals surface area contributed by atoms with E-state index in [9.17, 15) is 22.8 Å². The van der Waals surface area contributed by atoms with E-state index >= 15 is 0 Å². The Labute approximate surface area is 310 Å². The first-order chi connectivity index (χ1) is 25.6. The lowest BCUT2D eigenvalue weighted by Crippen LogP contribution is -2.45. The average molecular weight is 730 g/mol. The van der Waals surface area contributed by atoms with E-state index in [4.69, 9.17) is 0 Å². The van der Waals surface area contributed by atoms with Crippen molar-refractivity contribution < 1.29 is 22.8 Å². The predicted octanol–water partition coefficient (Wildman–Crippen LogP) is 6.59. The van der Waals surface area contributed by atoms with Gasteiger partial charge in [0.25, 0.3) is 5.91 Å². The van der Waals surface area contributed by atoms with E-state index in [1.54, 1.807) is 0 Å². The number of nitrogens with zero attached hydrogens (tertiary/aromatic N) is 4. The molecule has 1 aromatic heterocycles. The highest BCUT2D eigenvalue weighted by atomic mass is 19.4. The van der Waals surface area contributed by atoms with Crippen LogP contribution in [0.25, 0.3) is 11.3 Å². The van der Waals surface area contributed by atoms with Crippen molar-refractivity contribution in [2.45, 2.75) is 45.5 Å². The Balaban J connectivity index is 0.000000326. The molecule has 12 heteroatoms. The van der Waals surface area contributed by atoms with Crippen LogP contribution in [0.2, 0.25) is 0 Å². The molecule has 9 nitrogen and oxygen atoms in total. The molecule has 2 aliphatic rings. The molecule has 4 aromatic rings. The SMILES string of the molecule is Cc1ccnc(-c2cc(N3CCCCC3)ccc2NC(=O)c2cccc(CN(C)CCN3CCNCC3)c2)c1.O=CNCc1cccc(C(F)(F)F)c1. The highest BCUT2D eigenvalue weighted by Gasteiger charge is 2.30. The Hall–Kier alpha value is -4.78. The van der Waals surface area contributed by atoms with Gasteiger partial charge in [-0.15, -0.1) is 0 Å². The van der Waals surface area contributed by atoms with E-state index in [1.165, 1.54) is 37.1 Å². The summed E-state index contributed by atoms with van der Waals surface area (Å²) in [4.78, 5) is 35.3. The van der Waals surface area contributed by atoms with E-state index in [-0.39, 0.29) is 12.5 Å². The third kappa shape index (κ3) is 12.1. The molecule has 2 saturated heterocycles. The fourth-order valence-electron chi connectivity index (χ4n) is 6.55. The number of anilines is 2. The molecule has 0 spiro atoms. The Kier molecular flexibility index (Phi) is 14.4. The van der Waals surface area contributed by atoms with Crippen molar-refractivity contribution in [1.29, 1.82) is 0 Å². The maximum absolute atomic E-state index is 13.5. The van der Waals surface area contributed by atoms with Crippen molar-refractivity contribution in [3.8, 4) is 11.3 Å². The minimum absolute atomic E-state index is 0.0973. The van der Waals surface area contributed by atoms with Gasteiger partial charge in [0.15, 0.2) is 0 Å². The molecule has 6 rings (SSSR count). The van der Waals surface area contributed by atoms with Gasteiger partial charge >= 0.3 is 6.18 Å². The molecular formula is C41H50F3N7O2. The van der Waals surface area contributed by atoms with E-state index in [1.807, 2.05) is 36.5 Å². The third-order valence-electron chi connectivity index (χ3n) is 9.46. The van der Waals surface area contributed by atoms with E-state index in [0.717, 1.165) is 99.1 Å². The molecule has 0 bridgehead atoms. The highest BCUT2D eigenvalue weighted by molar-refractivity contribution is 6.06. The van der Waals surface area contributed by atoms with Crippen LogP contribution in [0.1, 0.15) is 51.9 Å². The smallest absolute Gasteiger partial charge is 0.372 e. The summed E-state index contributed by atoms with van der Waals surface area (Å²) in [5.41, 5.74) is 6.50. The Morgan fingerprint density at radius 1 is 0.925 bits per heavy atom. The quantitative estimate of drug-likeness (QED) is 0.142. The lowest BCUT2D eigenvalue weighted by molar-refractivity contribution is -0.137. The summed E-state index contributed by atoms with van der Waals surface area (Å²) in [6, 6.07) is 23.3. The summed E-state index contributed by atoms with van der Waals surface area (Å²) in [6.07, 6.45) is 1.68. The molecule has 3 aromatic carbocycles. The molecular weight excluding hydrogens is 679 g/mol. The predicted molar refractivity (Wildman–Crippen MR) is 205 cm³/mol. The molecule has 2 aliphatic heterocycles. The van der Waals surface area contributed by atoms with Crippen molar-refractivity contribution in [2.24, 2.45) is 0 Å². The maximum atomic E-state index is 13.5. The standard InChI is InChI=1S/C32H42N6O.C9H8F3NO/c1-25-11-12-34-31(21-25)29-23-28(38-15-4-3-5-16-38)9-10-30(29)35-32(39)27-8-6-7-26(22-27)24-36(2)19-20-37-17-13-33-14-18-37;10-9(11,12)8-3-1-2-7(4-8)5-13-6-14/h6-12,21-23,33H,3-5,13-20,24H2,1-2H3,(H,35,39);1-4,6H,5H2,(H,13,14). The first-order valence-electron chi connectivity index (χ1n) is 18.3. The normalized spacial score (nSPS) is 15.0. The second kappa shape index (κ2) is 19.3. The number of piperazine rings is 1. The van der Waals surface area contributed by atoms with Crippen molar-refractivity contribution in [3.63, 3.8) is 0 Å². The largest absolute Gasteiger partial charge is 0.416 e. The minimum Gasteiger partial charge on any atom is -0.372 e. The van der Waals surface area contributed by atoms with Crippen molar-refractivity contribution in [2.75, 3.05) is 69.6 Å². The molecule has 3 heterocycles. The number of nitrogens with one attached hydrogen (secondary N) is 3. The van der Waals surface area contributed by atoms with Gasteiger partial charge in [-0.2, -0.15) is 13.2 Å². The van der Waals surface area contributed by atoms with Gasteiger partial charge in [0.05, 0.1) is 16.9 Å². The van der Waals surface area contributed by atoms with Gasteiger partial charge in [-0.05, 0) is 105 Å². The number of pyridine rings is 1. The third-order valence-corrected chi connectivity index (χ3v) is 9.46. The van der Waals surface area contributed by atoms with Gasteiger partial charge in [0.1, 0.15) is 0 Å². The number of benzene rings is 3. The van der Waals surface area contributed by atoms with Crippen LogP contribution < -0.4 is 20.9 Å². The van der Waals surface area contributed by atoms with Gasteiger partial charge < -0.3 is 25.8 Å². The number of carbonyl (C=O) groups excluding carboxylic acids is 2. The Bertz CT molecular complexity index is 1790. The van der Waals surface area contributed by atoms with E-state index in [0.29, 0.717) is 17.5 Å². The van der Waals surface area contributed by atoms with Gasteiger partial charge in [-0.3, -0.25) is 19.5 Å². The number of piperidine rings is 1. The second-order valence-electron chi connectivity index (χ2n) is 13.7. The lowest BCUT2D eigenvalue weighted by atomic mass is 10.0. The van der Waals surface area contributed by atoms with Crippen LogP contribution in [0.5, 0.6) is 0 Å². The number of aryl methyl sites for hydroxylation is 1. The number of carbonyl (C=O) groups is 2. The van der Waals surface area contributed by atoms with E-state index < -0.39 is 11.7 Å². The first kappa shape index (κ1) is 39.4. The van der Waals surface area contributed by atoms with Gasteiger partial charge in [-0.25, -0.2) is 0 Å². The van der Waals surface area contributed by atoms with Crippen LogP contribution in [-0.2, 0) is 24.1 Å². The zero-order valence-corrected chi connectivity index (χ0v) is 30.6. The molecule has 282 valence electrons. The zero-order chi connectivity index (χ0) is 37.6. The monoisotopic (exact) mass is 729 g/mol. The number of hydrogen-bond acceptors (Lipinski definition) is 7. The summed E-state index contributed by atoms with van der Waals surface area (Å²) in [5, 5.41) is 8.91. The number of halogens is 3. The van der Waals surface area contributed by atoms with Crippen LogP contribution >= 0.6 is 0 Å². The van der Waals surface area contributed by atoms with Crippen LogP contribution in [0.3, 0.4) is 0 Å². The van der Waals surface area contributed by atoms with E-state index in [2.05, 4.69) is 73.9 Å². The van der Waals surface area contributed by atoms with Crippen molar-refractivity contribution in [3.05, 3.63) is 113 Å². The maximum Gasteiger partial charge on any atom is 0.416 e. The molecule has 0 radical (unpaired) electrons. The molecule has 53 heavy (non-hydrogen) atoms. The summed E-state index contributed by atoms with van der Waals surface area (Å²) >= 11 is 0. The molecule has 0 saturated carbocycles. The van der Waals surface area contributed by atoms with Gasteiger partial charge in [0, 0.05) is 88.5 Å². The van der Waals surface area contributed by atoms with Crippen molar-refractivity contribution in [1.82, 2.24) is 25.4 Å². The molecule has 0 atom stereocenters. The Morgan fingerprint density at radius 3 is 2.42 bits per heavy atom. The number of alkyl halides is 3. The molecule has 0 unspecified atom stereocenters. The topological polar surface area (TPSA) is 92.8 Å². The van der Waals surface area contributed by atoms with Crippen molar-refractivity contribution >= 4 is 23.7 Å². The van der Waals surface area contributed by atoms with Crippen LogP contribution in [0.4, 0.5) is 24.5 Å². The van der Waals surface area contributed by atoms with Gasteiger partial charge in [0.2, 0.25) is 6.41 Å². The second-order valence-corrected chi connectivity index (χ2v) is 13.7. The number of rotatable bonds is 12. The summed E-state index contributed by atoms with van der Waals surface area (Å²) in [5.74, 6) is -0.0973. The fraction of sp³-hybridized carbons (Fsp3) is 0.390. The van der Waals surface area contributed by atoms with Crippen LogP contribution in [-0.4, -0.2) is 86.5 Å². The fourth-order valence-corrected chi connectivity index (χ4v) is 6.55. The summed E-state index contributed by atoms with van der Waals surface area (Å²) < 4.78 is 36.6. The summed E-state index contributed by atoms with van der Waals surface area (Å²) in [7, 11) is 2.15. The number of hydrogen-bond donors (Lipinski definition) is 3. The number of amides is 2. The molecule has 0 aliphatic carbocycles. The first-order valence-corrected chi connectivity index (χ1v) is 18.3. The highest BCUT2D eigenvalue weighted by Crippen LogP contribution is 2.33. The number of likely N-dealkylation sites (N-methyl/N-ethyl adjacent to an activating group) is 1. The summed E-state index contributed by atoms with van der Waals surface area (Å²) in [6.45, 7) is 11.6. The number of aromatic nitrogens is 1.